The van der Waals surface area contributed by atoms with Crippen molar-refractivity contribution in [1.29, 1.82) is 0 Å². The molecule has 26 heavy (non-hydrogen) atoms. The quantitative estimate of drug-likeness (QED) is 0.111. The average molecular weight is 435 g/mol. The third-order valence-corrected chi connectivity index (χ3v) is 4.99. The molecule has 0 aromatic heterocycles. The molecule has 0 fully saturated rings. The van der Waals surface area contributed by atoms with E-state index in [1.807, 2.05) is 0 Å². The molecule has 5 heteroatoms. The predicted octanol–water partition coefficient (Wildman–Crippen LogP) is 6.20. The van der Waals surface area contributed by atoms with Crippen LogP contribution in [0.1, 0.15) is 97.3 Å². The lowest BCUT2D eigenvalue weighted by Gasteiger charge is -2.15. The van der Waals surface area contributed by atoms with E-state index in [0.29, 0.717) is 19.6 Å². The SMILES string of the molecule is CCCCCCOC(=O)C(CCCCCCBr)C(=O)OCCCCCC. The van der Waals surface area contributed by atoms with Crippen LogP contribution in [0.15, 0.2) is 0 Å². The van der Waals surface area contributed by atoms with Crippen LogP contribution in [0.25, 0.3) is 0 Å². The molecule has 0 aromatic carbocycles. The van der Waals surface area contributed by atoms with Crippen molar-refractivity contribution in [1.82, 2.24) is 0 Å². The van der Waals surface area contributed by atoms with Crippen LogP contribution in [0.5, 0.6) is 0 Å². The highest BCUT2D eigenvalue weighted by Gasteiger charge is 2.29. The van der Waals surface area contributed by atoms with E-state index in [0.717, 1.165) is 82.4 Å². The molecule has 0 amide bonds. The molecule has 0 aliphatic rings. The summed E-state index contributed by atoms with van der Waals surface area (Å²) < 4.78 is 10.7. The molecule has 0 radical (unpaired) electrons. The molecule has 0 unspecified atom stereocenters. The highest BCUT2D eigenvalue weighted by atomic mass is 79.9. The van der Waals surface area contributed by atoms with Crippen LogP contribution < -0.4 is 0 Å². The van der Waals surface area contributed by atoms with Crippen molar-refractivity contribution in [2.24, 2.45) is 5.92 Å². The highest BCUT2D eigenvalue weighted by Crippen LogP contribution is 2.16. The first kappa shape index (κ1) is 25.4. The second kappa shape index (κ2) is 19.2. The first-order valence-corrected chi connectivity index (χ1v) is 11.7. The van der Waals surface area contributed by atoms with Gasteiger partial charge in [0.15, 0.2) is 5.92 Å². The first-order chi connectivity index (χ1) is 12.7. The number of unbranched alkanes of at least 4 members (excludes halogenated alkanes) is 9. The van der Waals surface area contributed by atoms with Crippen molar-refractivity contribution in [2.75, 3.05) is 18.5 Å². The summed E-state index contributed by atoms with van der Waals surface area (Å²) in [6, 6.07) is 0. The summed E-state index contributed by atoms with van der Waals surface area (Å²) in [4.78, 5) is 24.7. The van der Waals surface area contributed by atoms with Gasteiger partial charge in [0, 0.05) is 5.33 Å². The Kier molecular flexibility index (Phi) is 18.8. The second-order valence-electron chi connectivity index (χ2n) is 6.90. The van der Waals surface area contributed by atoms with E-state index in [4.69, 9.17) is 9.47 Å². The lowest BCUT2D eigenvalue weighted by Crippen LogP contribution is -2.28. The van der Waals surface area contributed by atoms with Crippen LogP contribution >= 0.6 is 15.9 Å². The summed E-state index contributed by atoms with van der Waals surface area (Å²) >= 11 is 3.42. The van der Waals surface area contributed by atoms with Gasteiger partial charge in [-0.1, -0.05) is 87.6 Å². The number of carbonyl (C=O) groups excluding carboxylic acids is 2. The Hall–Kier alpha value is -0.580. The smallest absolute Gasteiger partial charge is 0.320 e. The third-order valence-electron chi connectivity index (χ3n) is 4.43. The third kappa shape index (κ3) is 14.6. The number of rotatable bonds is 18. The Balaban J connectivity index is 4.28. The number of carbonyl (C=O) groups is 2. The minimum atomic E-state index is -0.753. The van der Waals surface area contributed by atoms with Gasteiger partial charge in [-0.2, -0.15) is 0 Å². The molecule has 0 spiro atoms. The van der Waals surface area contributed by atoms with Gasteiger partial charge in [0.1, 0.15) is 0 Å². The maximum Gasteiger partial charge on any atom is 0.320 e. The fourth-order valence-electron chi connectivity index (χ4n) is 2.73. The van der Waals surface area contributed by atoms with Crippen molar-refractivity contribution in [3.63, 3.8) is 0 Å². The van der Waals surface area contributed by atoms with E-state index in [9.17, 15) is 9.59 Å². The Morgan fingerprint density at radius 1 is 0.692 bits per heavy atom. The number of alkyl halides is 1. The van der Waals surface area contributed by atoms with Crippen molar-refractivity contribution in [3.05, 3.63) is 0 Å². The van der Waals surface area contributed by atoms with Gasteiger partial charge in [-0.3, -0.25) is 9.59 Å². The normalized spacial score (nSPS) is 10.9. The molecule has 0 saturated heterocycles. The molecule has 0 aliphatic heterocycles. The van der Waals surface area contributed by atoms with Crippen molar-refractivity contribution < 1.29 is 19.1 Å². The van der Waals surface area contributed by atoms with Gasteiger partial charge in [0.05, 0.1) is 13.2 Å². The van der Waals surface area contributed by atoms with Crippen LogP contribution in [0.2, 0.25) is 0 Å². The molecule has 0 atom stereocenters. The molecule has 4 nitrogen and oxygen atoms in total. The molecule has 0 heterocycles. The molecule has 0 saturated carbocycles. The zero-order valence-electron chi connectivity index (χ0n) is 16.9. The molecular weight excluding hydrogens is 396 g/mol. The fraction of sp³-hybridized carbons (Fsp3) is 0.905. The van der Waals surface area contributed by atoms with Crippen LogP contribution in [0.4, 0.5) is 0 Å². The number of halogens is 1. The molecule has 0 bridgehead atoms. The number of ether oxygens (including phenoxy) is 2. The van der Waals surface area contributed by atoms with Gasteiger partial charge in [-0.05, 0) is 25.7 Å². The Bertz CT molecular complexity index is 321. The predicted molar refractivity (Wildman–Crippen MR) is 111 cm³/mol. The van der Waals surface area contributed by atoms with Crippen molar-refractivity contribution >= 4 is 27.9 Å². The van der Waals surface area contributed by atoms with Gasteiger partial charge in [-0.25, -0.2) is 0 Å². The number of hydrogen-bond acceptors (Lipinski definition) is 4. The van der Waals surface area contributed by atoms with Gasteiger partial charge < -0.3 is 9.47 Å². The van der Waals surface area contributed by atoms with Crippen molar-refractivity contribution in [3.8, 4) is 0 Å². The molecule has 0 aliphatic carbocycles. The maximum atomic E-state index is 12.3. The summed E-state index contributed by atoms with van der Waals surface area (Å²) in [6.45, 7) is 5.10. The Morgan fingerprint density at radius 2 is 1.15 bits per heavy atom. The van der Waals surface area contributed by atoms with Crippen molar-refractivity contribution in [2.45, 2.75) is 97.3 Å². The lowest BCUT2D eigenvalue weighted by molar-refractivity contribution is -0.162. The largest absolute Gasteiger partial charge is 0.465 e. The summed E-state index contributed by atoms with van der Waals surface area (Å²) in [6.07, 6.45) is 13.1. The number of esters is 2. The zero-order valence-corrected chi connectivity index (χ0v) is 18.5. The van der Waals surface area contributed by atoms with E-state index in [1.165, 1.54) is 0 Å². The van der Waals surface area contributed by atoms with Gasteiger partial charge >= 0.3 is 11.9 Å². The van der Waals surface area contributed by atoms with Crippen LogP contribution in [0.3, 0.4) is 0 Å². The molecule has 0 N–H and O–H groups in total. The minimum absolute atomic E-state index is 0.402. The summed E-state index contributed by atoms with van der Waals surface area (Å²) in [5.74, 6) is -1.56. The lowest BCUT2D eigenvalue weighted by atomic mass is 10.0. The summed E-state index contributed by atoms with van der Waals surface area (Å²) in [5, 5.41) is 0.996. The maximum absolute atomic E-state index is 12.3. The number of hydrogen-bond donors (Lipinski definition) is 0. The monoisotopic (exact) mass is 434 g/mol. The standard InChI is InChI=1S/C21H39BrO4/c1-3-5-7-13-17-25-20(23)19(15-11-9-10-12-16-22)21(24)26-18-14-8-6-4-2/h19H,3-18H2,1-2H3. The average Bonchev–Trinajstić information content (AvgIpc) is 2.64. The van der Waals surface area contributed by atoms with Crippen LogP contribution in [0, 0.1) is 5.92 Å². The van der Waals surface area contributed by atoms with E-state index in [-0.39, 0.29) is 0 Å². The first-order valence-electron chi connectivity index (χ1n) is 10.6. The van der Waals surface area contributed by atoms with Gasteiger partial charge in [-0.15, -0.1) is 0 Å². The van der Waals surface area contributed by atoms with E-state index >= 15 is 0 Å². The molecule has 0 rings (SSSR count). The van der Waals surface area contributed by atoms with Gasteiger partial charge in [0.2, 0.25) is 0 Å². The Labute approximate surface area is 168 Å². The summed E-state index contributed by atoms with van der Waals surface area (Å²) in [5.41, 5.74) is 0. The van der Waals surface area contributed by atoms with E-state index in [2.05, 4.69) is 29.8 Å². The Morgan fingerprint density at radius 3 is 1.62 bits per heavy atom. The zero-order chi connectivity index (χ0) is 19.5. The molecule has 0 aromatic rings. The molecular formula is C21H39BrO4. The fourth-order valence-corrected chi connectivity index (χ4v) is 3.13. The van der Waals surface area contributed by atoms with Crippen LogP contribution in [-0.2, 0) is 19.1 Å². The minimum Gasteiger partial charge on any atom is -0.465 e. The van der Waals surface area contributed by atoms with E-state index < -0.39 is 17.9 Å². The highest BCUT2D eigenvalue weighted by molar-refractivity contribution is 9.09. The topological polar surface area (TPSA) is 52.6 Å². The molecule has 154 valence electrons. The van der Waals surface area contributed by atoms with Crippen LogP contribution in [-0.4, -0.2) is 30.5 Å². The summed E-state index contributed by atoms with van der Waals surface area (Å²) in [7, 11) is 0. The van der Waals surface area contributed by atoms with Gasteiger partial charge in [0.25, 0.3) is 0 Å². The van der Waals surface area contributed by atoms with E-state index in [1.54, 1.807) is 0 Å². The second-order valence-corrected chi connectivity index (χ2v) is 7.69.